The topological polar surface area (TPSA) is 51.8 Å². The molecular formula is C17H23N3. The maximum Gasteiger partial charge on any atom is 0.0888 e. The van der Waals surface area contributed by atoms with E-state index < -0.39 is 0 Å². The van der Waals surface area contributed by atoms with Gasteiger partial charge in [-0.2, -0.15) is 0 Å². The number of pyridine rings is 2. The molecule has 2 aromatic rings. The van der Waals surface area contributed by atoms with E-state index in [1.165, 1.54) is 17.5 Å². The molecule has 2 aromatic heterocycles. The molecule has 0 saturated heterocycles. The van der Waals surface area contributed by atoms with Crippen molar-refractivity contribution >= 4 is 0 Å². The van der Waals surface area contributed by atoms with E-state index >= 15 is 0 Å². The highest BCUT2D eigenvalue weighted by Crippen LogP contribution is 2.19. The molecule has 0 amide bonds. The fraction of sp³-hybridized carbons (Fsp3) is 0.412. The molecule has 3 heteroatoms. The molecule has 2 rings (SSSR count). The predicted octanol–water partition coefficient (Wildman–Crippen LogP) is 3.23. The van der Waals surface area contributed by atoms with Crippen LogP contribution in [0, 0.1) is 5.92 Å². The standard InChI is InChI=1S/C17H23N3/c1-3-13(2)10-15-6-9-20-17(12-15)16-11-14(4-7-18)5-8-19-16/h5-6,8-9,11-13H,3-4,7,10,18H2,1-2H3. The molecule has 1 unspecified atom stereocenters. The lowest BCUT2D eigenvalue weighted by Gasteiger charge is -2.09. The lowest BCUT2D eigenvalue weighted by Crippen LogP contribution is -2.03. The number of nitrogens with zero attached hydrogens (tertiary/aromatic N) is 2. The van der Waals surface area contributed by atoms with Gasteiger partial charge in [-0.3, -0.25) is 9.97 Å². The molecule has 0 aliphatic carbocycles. The van der Waals surface area contributed by atoms with Crippen molar-refractivity contribution in [3.8, 4) is 11.4 Å². The van der Waals surface area contributed by atoms with Gasteiger partial charge >= 0.3 is 0 Å². The van der Waals surface area contributed by atoms with E-state index in [9.17, 15) is 0 Å². The summed E-state index contributed by atoms with van der Waals surface area (Å²) >= 11 is 0. The summed E-state index contributed by atoms with van der Waals surface area (Å²) in [5, 5.41) is 0. The molecule has 0 radical (unpaired) electrons. The van der Waals surface area contributed by atoms with Crippen LogP contribution in [0.4, 0.5) is 0 Å². The molecule has 0 aromatic carbocycles. The molecule has 1 atom stereocenters. The molecule has 20 heavy (non-hydrogen) atoms. The fourth-order valence-corrected chi connectivity index (χ4v) is 2.22. The highest BCUT2D eigenvalue weighted by molar-refractivity contribution is 5.55. The van der Waals surface area contributed by atoms with E-state index in [1.54, 1.807) is 0 Å². The van der Waals surface area contributed by atoms with Crippen LogP contribution < -0.4 is 5.73 Å². The molecule has 0 bridgehead atoms. The number of rotatable bonds is 6. The normalized spacial score (nSPS) is 12.3. The molecule has 0 fully saturated rings. The predicted molar refractivity (Wildman–Crippen MR) is 83.4 cm³/mol. The van der Waals surface area contributed by atoms with Crippen LogP contribution in [0.3, 0.4) is 0 Å². The first kappa shape index (κ1) is 14.7. The SMILES string of the molecule is CCC(C)Cc1ccnc(-c2cc(CCN)ccn2)c1. The van der Waals surface area contributed by atoms with Crippen molar-refractivity contribution in [2.24, 2.45) is 11.7 Å². The Morgan fingerprint density at radius 3 is 2.25 bits per heavy atom. The third kappa shape index (κ3) is 3.87. The van der Waals surface area contributed by atoms with Crippen LogP contribution in [0.5, 0.6) is 0 Å². The zero-order chi connectivity index (χ0) is 14.4. The van der Waals surface area contributed by atoms with Crippen LogP contribution in [0.2, 0.25) is 0 Å². The van der Waals surface area contributed by atoms with Gasteiger partial charge in [0.2, 0.25) is 0 Å². The largest absolute Gasteiger partial charge is 0.330 e. The van der Waals surface area contributed by atoms with Crippen molar-refractivity contribution in [2.75, 3.05) is 6.54 Å². The summed E-state index contributed by atoms with van der Waals surface area (Å²) < 4.78 is 0. The van der Waals surface area contributed by atoms with Crippen LogP contribution in [0.15, 0.2) is 36.7 Å². The van der Waals surface area contributed by atoms with Gasteiger partial charge in [-0.25, -0.2) is 0 Å². The summed E-state index contributed by atoms with van der Waals surface area (Å²) in [7, 11) is 0. The minimum absolute atomic E-state index is 0.658. The van der Waals surface area contributed by atoms with E-state index in [4.69, 9.17) is 5.73 Å². The number of nitrogens with two attached hydrogens (primary N) is 1. The third-order valence-electron chi connectivity index (χ3n) is 3.63. The van der Waals surface area contributed by atoms with Crippen molar-refractivity contribution < 1.29 is 0 Å². The second kappa shape index (κ2) is 7.15. The number of aromatic nitrogens is 2. The van der Waals surface area contributed by atoms with E-state index in [0.717, 1.165) is 24.2 Å². The average Bonchev–Trinajstić information content (AvgIpc) is 2.48. The molecule has 2 N–H and O–H groups in total. The minimum Gasteiger partial charge on any atom is -0.330 e. The highest BCUT2D eigenvalue weighted by atomic mass is 14.8. The second-order valence-electron chi connectivity index (χ2n) is 5.35. The molecule has 0 saturated carbocycles. The first-order valence-electron chi connectivity index (χ1n) is 7.33. The van der Waals surface area contributed by atoms with E-state index in [-0.39, 0.29) is 0 Å². The van der Waals surface area contributed by atoms with E-state index in [1.807, 2.05) is 18.5 Å². The summed E-state index contributed by atoms with van der Waals surface area (Å²) in [5.41, 5.74) is 10.0. The van der Waals surface area contributed by atoms with Crippen LogP contribution in [0.1, 0.15) is 31.4 Å². The zero-order valence-corrected chi connectivity index (χ0v) is 12.3. The smallest absolute Gasteiger partial charge is 0.0888 e. The lowest BCUT2D eigenvalue weighted by molar-refractivity contribution is 0.560. The van der Waals surface area contributed by atoms with Crippen molar-refractivity contribution in [3.05, 3.63) is 47.8 Å². The van der Waals surface area contributed by atoms with Gasteiger partial charge < -0.3 is 5.73 Å². The Balaban J connectivity index is 2.24. The maximum absolute atomic E-state index is 5.61. The van der Waals surface area contributed by atoms with Gasteiger partial charge in [-0.1, -0.05) is 20.3 Å². The Morgan fingerprint density at radius 2 is 1.65 bits per heavy atom. The van der Waals surface area contributed by atoms with Crippen molar-refractivity contribution in [3.63, 3.8) is 0 Å². The Bertz CT molecular complexity index is 551. The minimum atomic E-state index is 0.658. The fourth-order valence-electron chi connectivity index (χ4n) is 2.22. The molecule has 0 aliphatic rings. The molecule has 2 heterocycles. The molecule has 3 nitrogen and oxygen atoms in total. The van der Waals surface area contributed by atoms with Gasteiger partial charge in [-0.15, -0.1) is 0 Å². The molecule has 106 valence electrons. The Labute approximate surface area is 121 Å². The Hall–Kier alpha value is -1.74. The van der Waals surface area contributed by atoms with Crippen LogP contribution in [-0.2, 0) is 12.8 Å². The molecule has 0 aliphatic heterocycles. The van der Waals surface area contributed by atoms with Gasteiger partial charge in [0, 0.05) is 12.4 Å². The van der Waals surface area contributed by atoms with Crippen molar-refractivity contribution in [1.82, 2.24) is 9.97 Å². The van der Waals surface area contributed by atoms with Gasteiger partial charge in [0.05, 0.1) is 11.4 Å². The first-order chi connectivity index (χ1) is 9.72. The summed E-state index contributed by atoms with van der Waals surface area (Å²) in [6.07, 6.45) is 6.88. The van der Waals surface area contributed by atoms with Gasteiger partial charge in [0.25, 0.3) is 0 Å². The summed E-state index contributed by atoms with van der Waals surface area (Å²) in [6.45, 7) is 5.16. The summed E-state index contributed by atoms with van der Waals surface area (Å²) in [6, 6.07) is 8.35. The van der Waals surface area contributed by atoms with Crippen molar-refractivity contribution in [1.29, 1.82) is 0 Å². The van der Waals surface area contributed by atoms with E-state index in [2.05, 4.69) is 42.0 Å². The Morgan fingerprint density at radius 1 is 1.05 bits per heavy atom. The van der Waals surface area contributed by atoms with E-state index in [0.29, 0.717) is 12.5 Å². The highest BCUT2D eigenvalue weighted by Gasteiger charge is 2.06. The zero-order valence-electron chi connectivity index (χ0n) is 12.3. The third-order valence-corrected chi connectivity index (χ3v) is 3.63. The monoisotopic (exact) mass is 269 g/mol. The number of hydrogen-bond acceptors (Lipinski definition) is 3. The van der Waals surface area contributed by atoms with Gasteiger partial charge in [-0.05, 0) is 60.7 Å². The maximum atomic E-state index is 5.61. The average molecular weight is 269 g/mol. The van der Waals surface area contributed by atoms with Crippen LogP contribution in [-0.4, -0.2) is 16.5 Å². The summed E-state index contributed by atoms with van der Waals surface area (Å²) in [4.78, 5) is 8.88. The first-order valence-corrected chi connectivity index (χ1v) is 7.33. The van der Waals surface area contributed by atoms with Gasteiger partial charge in [0.1, 0.15) is 0 Å². The molecular weight excluding hydrogens is 246 g/mol. The van der Waals surface area contributed by atoms with Gasteiger partial charge in [0.15, 0.2) is 0 Å². The number of hydrogen-bond donors (Lipinski definition) is 1. The lowest BCUT2D eigenvalue weighted by atomic mass is 9.99. The second-order valence-corrected chi connectivity index (χ2v) is 5.35. The summed E-state index contributed by atoms with van der Waals surface area (Å²) in [5.74, 6) is 0.696. The quantitative estimate of drug-likeness (QED) is 0.876. The van der Waals surface area contributed by atoms with Crippen molar-refractivity contribution in [2.45, 2.75) is 33.1 Å². The van der Waals surface area contributed by atoms with Crippen LogP contribution >= 0.6 is 0 Å². The molecule has 0 spiro atoms. The Kier molecular flexibility index (Phi) is 5.24. The van der Waals surface area contributed by atoms with Crippen LogP contribution in [0.25, 0.3) is 11.4 Å².